The number of aliphatic carboxylic acids is 1. The number of halogens is 3. The number of para-hydroxylation sites is 1. The van der Waals surface area contributed by atoms with Crippen molar-refractivity contribution in [2.45, 2.75) is 12.6 Å². The van der Waals surface area contributed by atoms with Gasteiger partial charge in [-0.3, -0.25) is 9.78 Å². The Hall–Kier alpha value is -4.08. The number of aromatic amines is 1. The number of pyridine rings is 1. The number of nitrogens with two attached hydrogens (primary N) is 1. The van der Waals surface area contributed by atoms with Gasteiger partial charge in [-0.1, -0.05) is 24.3 Å². The Morgan fingerprint density at radius 1 is 1.16 bits per heavy atom. The third-order valence-electron chi connectivity index (χ3n) is 4.57. The van der Waals surface area contributed by atoms with Gasteiger partial charge in [0.25, 0.3) is 5.91 Å². The lowest BCUT2D eigenvalue weighted by molar-refractivity contribution is -0.192. The molecular weight excluding hydrogens is 425 g/mol. The summed E-state index contributed by atoms with van der Waals surface area (Å²) in [5.74, 6) is -2.77. The summed E-state index contributed by atoms with van der Waals surface area (Å²) in [6.07, 6.45) is 1.40. The van der Waals surface area contributed by atoms with Crippen LogP contribution in [0.15, 0.2) is 48.7 Å². The second-order valence-electron chi connectivity index (χ2n) is 6.82. The average Bonchev–Trinajstić information content (AvgIpc) is 3.19. The fourth-order valence-electron chi connectivity index (χ4n) is 2.99. The number of carboxylic acids is 1. The standard InChI is InChI=1S/C20H18N4O.C2HF3O2/c21-17-4-2-1-3-13(17)5-6-15-11-14(7-9-22-15)19-12-16-18(24-19)8-10-23-20(16)25;3-2(4,5)1(6)7/h1-7,9,11-12,24H,8,10,21H2,(H,23,25);(H,6,7)/b6-5+;. The Bertz CT molecular complexity index is 1170. The number of nitrogen functional groups attached to an aromatic ring is 1. The van der Waals surface area contributed by atoms with Gasteiger partial charge in [-0.2, -0.15) is 13.2 Å². The first-order valence-corrected chi connectivity index (χ1v) is 9.44. The van der Waals surface area contributed by atoms with Crippen LogP contribution in [0.4, 0.5) is 18.9 Å². The van der Waals surface area contributed by atoms with Gasteiger partial charge in [-0.15, -0.1) is 0 Å². The number of hydrogen-bond donors (Lipinski definition) is 4. The zero-order valence-corrected chi connectivity index (χ0v) is 16.6. The second kappa shape index (κ2) is 9.38. The molecule has 1 amide bonds. The van der Waals surface area contributed by atoms with E-state index in [1.54, 1.807) is 6.20 Å². The van der Waals surface area contributed by atoms with E-state index in [-0.39, 0.29) is 5.91 Å². The van der Waals surface area contributed by atoms with Gasteiger partial charge in [0.2, 0.25) is 0 Å². The predicted molar refractivity (Wildman–Crippen MR) is 114 cm³/mol. The van der Waals surface area contributed by atoms with Crippen LogP contribution in [0.3, 0.4) is 0 Å². The van der Waals surface area contributed by atoms with E-state index >= 15 is 0 Å². The van der Waals surface area contributed by atoms with Crippen LogP contribution in [0, 0.1) is 0 Å². The molecule has 1 aliphatic heterocycles. The molecule has 0 saturated carbocycles. The van der Waals surface area contributed by atoms with Gasteiger partial charge < -0.3 is 21.1 Å². The molecule has 166 valence electrons. The Kier molecular flexibility index (Phi) is 6.62. The van der Waals surface area contributed by atoms with Gasteiger partial charge in [0.1, 0.15) is 0 Å². The van der Waals surface area contributed by atoms with E-state index in [2.05, 4.69) is 15.3 Å². The number of alkyl halides is 3. The summed E-state index contributed by atoms with van der Waals surface area (Å²) in [6, 6.07) is 13.5. The second-order valence-corrected chi connectivity index (χ2v) is 6.82. The van der Waals surface area contributed by atoms with E-state index in [1.165, 1.54) is 0 Å². The molecule has 0 saturated heterocycles. The number of hydrogen-bond acceptors (Lipinski definition) is 4. The smallest absolute Gasteiger partial charge is 0.475 e. The summed E-state index contributed by atoms with van der Waals surface area (Å²) in [5.41, 5.74) is 12.1. The maximum absolute atomic E-state index is 11.9. The molecular formula is C22H19F3N4O3. The number of aromatic nitrogens is 2. The fourth-order valence-corrected chi connectivity index (χ4v) is 2.99. The van der Waals surface area contributed by atoms with Crippen LogP contribution >= 0.6 is 0 Å². The topological polar surface area (TPSA) is 121 Å². The van der Waals surface area contributed by atoms with E-state index in [4.69, 9.17) is 15.6 Å². The van der Waals surface area contributed by atoms with Crippen LogP contribution in [0.1, 0.15) is 27.3 Å². The van der Waals surface area contributed by atoms with Crippen molar-refractivity contribution in [1.29, 1.82) is 0 Å². The van der Waals surface area contributed by atoms with Crippen LogP contribution in [-0.4, -0.2) is 39.7 Å². The number of carboxylic acid groups (broad SMARTS) is 1. The number of benzene rings is 1. The molecule has 0 fully saturated rings. The molecule has 7 nitrogen and oxygen atoms in total. The van der Waals surface area contributed by atoms with Crippen LogP contribution in [-0.2, 0) is 11.2 Å². The monoisotopic (exact) mass is 444 g/mol. The SMILES string of the molecule is Nc1ccccc1/C=C/c1cc(-c2cc3c([nH]2)CCNC3=O)ccn1.O=C(O)C(F)(F)F. The van der Waals surface area contributed by atoms with E-state index in [1.807, 2.05) is 54.6 Å². The summed E-state index contributed by atoms with van der Waals surface area (Å²) in [6.45, 7) is 0.675. The summed E-state index contributed by atoms with van der Waals surface area (Å²) in [4.78, 5) is 28.6. The van der Waals surface area contributed by atoms with Gasteiger partial charge in [-0.05, 0) is 35.9 Å². The van der Waals surface area contributed by atoms with Crippen molar-refractivity contribution in [3.05, 3.63) is 71.2 Å². The number of rotatable bonds is 3. The molecule has 4 rings (SSSR count). The predicted octanol–water partition coefficient (Wildman–Crippen LogP) is 3.75. The number of nitrogens with one attached hydrogen (secondary N) is 2. The number of fused-ring (bicyclic) bond motifs is 1. The van der Waals surface area contributed by atoms with E-state index < -0.39 is 12.1 Å². The third-order valence-corrected chi connectivity index (χ3v) is 4.57. The number of carbonyl (C=O) groups is 2. The van der Waals surface area contributed by atoms with E-state index in [9.17, 15) is 18.0 Å². The molecule has 3 aromatic rings. The molecule has 1 aliphatic rings. The highest BCUT2D eigenvalue weighted by Gasteiger charge is 2.38. The molecule has 3 heterocycles. The quantitative estimate of drug-likeness (QED) is 0.459. The maximum Gasteiger partial charge on any atom is 0.490 e. The zero-order valence-electron chi connectivity index (χ0n) is 16.6. The van der Waals surface area contributed by atoms with Crippen LogP contribution < -0.4 is 11.1 Å². The normalized spacial score (nSPS) is 13.2. The van der Waals surface area contributed by atoms with Gasteiger partial charge in [0.15, 0.2) is 0 Å². The van der Waals surface area contributed by atoms with Crippen molar-refractivity contribution in [3.8, 4) is 11.3 Å². The molecule has 0 radical (unpaired) electrons. The molecule has 0 bridgehead atoms. The summed E-state index contributed by atoms with van der Waals surface area (Å²) in [7, 11) is 0. The van der Waals surface area contributed by atoms with Gasteiger partial charge >= 0.3 is 12.1 Å². The molecule has 0 spiro atoms. The van der Waals surface area contributed by atoms with Crippen molar-refractivity contribution in [2.75, 3.05) is 12.3 Å². The van der Waals surface area contributed by atoms with Crippen molar-refractivity contribution in [3.63, 3.8) is 0 Å². The largest absolute Gasteiger partial charge is 0.490 e. The number of H-pyrrole nitrogens is 1. The Balaban J connectivity index is 0.000000360. The number of nitrogens with zero attached hydrogens (tertiary/aromatic N) is 1. The Morgan fingerprint density at radius 2 is 1.88 bits per heavy atom. The zero-order chi connectivity index (χ0) is 23.3. The van der Waals surface area contributed by atoms with Gasteiger partial charge in [0.05, 0.1) is 11.3 Å². The highest BCUT2D eigenvalue weighted by molar-refractivity contribution is 5.97. The van der Waals surface area contributed by atoms with Crippen molar-refractivity contribution < 1.29 is 27.9 Å². The minimum atomic E-state index is -5.08. The van der Waals surface area contributed by atoms with Crippen LogP contribution in [0.2, 0.25) is 0 Å². The van der Waals surface area contributed by atoms with Crippen molar-refractivity contribution in [2.24, 2.45) is 0 Å². The molecule has 1 aromatic carbocycles. The Labute approximate surface area is 180 Å². The van der Waals surface area contributed by atoms with Gasteiger partial charge in [-0.25, -0.2) is 4.79 Å². The lowest BCUT2D eigenvalue weighted by Gasteiger charge is -2.10. The minimum absolute atomic E-state index is 0.0162. The lowest BCUT2D eigenvalue weighted by Crippen LogP contribution is -2.31. The number of anilines is 1. The third kappa shape index (κ3) is 5.54. The fraction of sp³-hybridized carbons (Fsp3) is 0.136. The first-order valence-electron chi connectivity index (χ1n) is 9.44. The first-order chi connectivity index (χ1) is 15.1. The highest BCUT2D eigenvalue weighted by Crippen LogP contribution is 2.25. The van der Waals surface area contributed by atoms with Gasteiger partial charge in [0, 0.05) is 41.8 Å². The van der Waals surface area contributed by atoms with Crippen LogP contribution in [0.25, 0.3) is 23.4 Å². The maximum atomic E-state index is 11.9. The summed E-state index contributed by atoms with van der Waals surface area (Å²) in [5, 5.41) is 9.99. The highest BCUT2D eigenvalue weighted by atomic mass is 19.4. The van der Waals surface area contributed by atoms with Crippen LogP contribution in [0.5, 0.6) is 0 Å². The van der Waals surface area contributed by atoms with Crippen molar-refractivity contribution >= 4 is 29.7 Å². The molecule has 0 unspecified atom stereocenters. The Morgan fingerprint density at radius 3 is 2.53 bits per heavy atom. The lowest BCUT2D eigenvalue weighted by atomic mass is 10.1. The molecule has 10 heteroatoms. The molecule has 5 N–H and O–H groups in total. The number of amides is 1. The first kappa shape index (κ1) is 22.6. The summed E-state index contributed by atoms with van der Waals surface area (Å²) < 4.78 is 31.7. The molecule has 0 atom stereocenters. The minimum Gasteiger partial charge on any atom is -0.475 e. The molecule has 0 aliphatic carbocycles. The number of carbonyl (C=O) groups excluding carboxylic acids is 1. The average molecular weight is 444 g/mol. The van der Waals surface area contributed by atoms with E-state index in [0.717, 1.165) is 45.9 Å². The van der Waals surface area contributed by atoms with Crippen molar-refractivity contribution in [1.82, 2.24) is 15.3 Å². The molecule has 32 heavy (non-hydrogen) atoms. The molecule has 2 aromatic heterocycles. The summed E-state index contributed by atoms with van der Waals surface area (Å²) >= 11 is 0. The van der Waals surface area contributed by atoms with E-state index in [0.29, 0.717) is 6.54 Å².